The number of allylic oxidation sites excluding steroid dienone is 6. The molecule has 1 aliphatic rings. The van der Waals surface area contributed by atoms with E-state index in [2.05, 4.69) is 24.7 Å². The van der Waals surface area contributed by atoms with Crippen molar-refractivity contribution < 1.29 is 4.79 Å². The van der Waals surface area contributed by atoms with Crippen LogP contribution in [0, 0.1) is 0 Å². The number of unbranched alkanes of at least 4 members (excludes halogenated alkanes) is 1. The standard InChI is InChI=1S/C15H21N3O/c1-3-5-7-13(8-6-4-2)14-9-10-18(17-11-14)12-15(16)19/h3,5,7-9,11H,1,4,6,10,12H2,2H3,(H2,16,19)/b7-5-,13-8+. The van der Waals surface area contributed by atoms with E-state index in [0.29, 0.717) is 6.54 Å². The number of carbonyl (C=O) groups is 1. The molecule has 0 spiro atoms. The first-order chi connectivity index (χ1) is 9.17. The van der Waals surface area contributed by atoms with Crippen LogP contribution in [-0.4, -0.2) is 30.2 Å². The predicted octanol–water partition coefficient (Wildman–Crippen LogP) is 2.17. The fourth-order valence-electron chi connectivity index (χ4n) is 1.68. The van der Waals surface area contributed by atoms with Crippen molar-refractivity contribution in [2.45, 2.75) is 19.8 Å². The van der Waals surface area contributed by atoms with E-state index < -0.39 is 0 Å². The summed E-state index contributed by atoms with van der Waals surface area (Å²) in [4.78, 5) is 10.8. The van der Waals surface area contributed by atoms with E-state index in [9.17, 15) is 4.79 Å². The van der Waals surface area contributed by atoms with Crippen LogP contribution < -0.4 is 5.73 Å². The molecule has 2 N–H and O–H groups in total. The van der Waals surface area contributed by atoms with Gasteiger partial charge >= 0.3 is 0 Å². The summed E-state index contributed by atoms with van der Waals surface area (Å²) in [5.74, 6) is -0.373. The third-order valence-electron chi connectivity index (χ3n) is 2.62. The molecule has 1 heterocycles. The summed E-state index contributed by atoms with van der Waals surface area (Å²) < 4.78 is 0. The molecule has 0 unspecified atom stereocenters. The van der Waals surface area contributed by atoms with Crippen LogP contribution in [0.4, 0.5) is 0 Å². The fraction of sp³-hybridized carbons (Fsp3) is 0.333. The molecule has 0 saturated heterocycles. The van der Waals surface area contributed by atoms with Crippen LogP contribution in [0.1, 0.15) is 19.8 Å². The molecular weight excluding hydrogens is 238 g/mol. The number of carbonyl (C=O) groups excluding carboxylic acids is 1. The highest BCUT2D eigenvalue weighted by Crippen LogP contribution is 2.15. The molecule has 4 nitrogen and oxygen atoms in total. The van der Waals surface area contributed by atoms with Crippen LogP contribution in [0.15, 0.2) is 53.2 Å². The van der Waals surface area contributed by atoms with Crippen molar-refractivity contribution in [3.63, 3.8) is 0 Å². The zero-order valence-corrected chi connectivity index (χ0v) is 11.4. The summed E-state index contributed by atoms with van der Waals surface area (Å²) in [5, 5.41) is 5.87. The highest BCUT2D eigenvalue weighted by atomic mass is 16.1. The maximum atomic E-state index is 10.8. The summed E-state index contributed by atoms with van der Waals surface area (Å²) in [7, 11) is 0. The third kappa shape index (κ3) is 5.38. The first kappa shape index (κ1) is 15.0. The molecule has 1 amide bonds. The van der Waals surface area contributed by atoms with Gasteiger partial charge in [-0.3, -0.25) is 9.80 Å². The average Bonchev–Trinajstić information content (AvgIpc) is 2.39. The number of hydrazone groups is 1. The zero-order chi connectivity index (χ0) is 14.1. The Bertz CT molecular complexity index is 444. The minimum atomic E-state index is -0.373. The Hall–Kier alpha value is -2.10. The van der Waals surface area contributed by atoms with Crippen LogP contribution in [0.2, 0.25) is 0 Å². The molecule has 19 heavy (non-hydrogen) atoms. The maximum absolute atomic E-state index is 10.8. The summed E-state index contributed by atoms with van der Waals surface area (Å²) in [6.45, 7) is 6.57. The quantitative estimate of drug-likeness (QED) is 0.712. The number of nitrogens with zero attached hydrogens (tertiary/aromatic N) is 2. The van der Waals surface area contributed by atoms with Crippen LogP contribution in [0.3, 0.4) is 0 Å². The smallest absolute Gasteiger partial charge is 0.238 e. The summed E-state index contributed by atoms with van der Waals surface area (Å²) in [6, 6.07) is 0. The molecule has 102 valence electrons. The van der Waals surface area contributed by atoms with Gasteiger partial charge in [0.1, 0.15) is 6.54 Å². The lowest BCUT2D eigenvalue weighted by Gasteiger charge is -2.20. The first-order valence-corrected chi connectivity index (χ1v) is 6.44. The number of primary amides is 1. The molecule has 0 atom stereocenters. The van der Waals surface area contributed by atoms with E-state index in [1.165, 1.54) is 0 Å². The molecular formula is C15H21N3O. The Kier molecular flexibility index (Phi) is 6.36. The van der Waals surface area contributed by atoms with Gasteiger partial charge in [-0.05, 0) is 17.6 Å². The Morgan fingerprint density at radius 1 is 1.63 bits per heavy atom. The molecule has 0 fully saturated rings. The van der Waals surface area contributed by atoms with Gasteiger partial charge in [-0.1, -0.05) is 50.3 Å². The Morgan fingerprint density at radius 2 is 2.42 bits per heavy atom. The predicted molar refractivity (Wildman–Crippen MR) is 79.7 cm³/mol. The van der Waals surface area contributed by atoms with E-state index in [1.54, 1.807) is 17.3 Å². The van der Waals surface area contributed by atoms with Crippen molar-refractivity contribution >= 4 is 12.1 Å². The van der Waals surface area contributed by atoms with E-state index in [0.717, 1.165) is 24.0 Å². The third-order valence-corrected chi connectivity index (χ3v) is 2.62. The normalized spacial score (nSPS) is 15.7. The van der Waals surface area contributed by atoms with Crippen molar-refractivity contribution in [3.8, 4) is 0 Å². The molecule has 1 rings (SSSR count). The van der Waals surface area contributed by atoms with Gasteiger partial charge in [0, 0.05) is 0 Å². The van der Waals surface area contributed by atoms with Crippen molar-refractivity contribution in [1.29, 1.82) is 0 Å². The van der Waals surface area contributed by atoms with Crippen molar-refractivity contribution in [2.75, 3.05) is 13.1 Å². The summed E-state index contributed by atoms with van der Waals surface area (Å²) >= 11 is 0. The number of nitrogens with two attached hydrogens (primary N) is 1. The van der Waals surface area contributed by atoms with Crippen LogP contribution in [0.5, 0.6) is 0 Å². The highest BCUT2D eigenvalue weighted by molar-refractivity contribution is 5.87. The van der Waals surface area contributed by atoms with Crippen molar-refractivity contribution in [1.82, 2.24) is 5.01 Å². The maximum Gasteiger partial charge on any atom is 0.238 e. The molecule has 4 heteroatoms. The molecule has 0 saturated carbocycles. The minimum Gasteiger partial charge on any atom is -0.368 e. The molecule has 1 aliphatic heterocycles. The second-order valence-electron chi connectivity index (χ2n) is 4.26. The summed E-state index contributed by atoms with van der Waals surface area (Å²) in [5.41, 5.74) is 7.33. The average molecular weight is 259 g/mol. The lowest BCUT2D eigenvalue weighted by molar-refractivity contribution is -0.119. The van der Waals surface area contributed by atoms with Crippen molar-refractivity contribution in [3.05, 3.63) is 48.1 Å². The topological polar surface area (TPSA) is 58.7 Å². The fourth-order valence-corrected chi connectivity index (χ4v) is 1.68. The number of rotatable bonds is 7. The van der Waals surface area contributed by atoms with E-state index in [-0.39, 0.29) is 12.5 Å². The van der Waals surface area contributed by atoms with Crippen LogP contribution in [0.25, 0.3) is 0 Å². The van der Waals surface area contributed by atoms with E-state index in [4.69, 9.17) is 5.73 Å². The Balaban J connectivity index is 2.75. The molecule has 0 aromatic heterocycles. The lowest BCUT2D eigenvalue weighted by atomic mass is 10.0. The zero-order valence-electron chi connectivity index (χ0n) is 11.4. The van der Waals surface area contributed by atoms with Gasteiger partial charge < -0.3 is 5.73 Å². The van der Waals surface area contributed by atoms with E-state index in [1.807, 2.05) is 18.2 Å². The molecule has 0 aromatic carbocycles. The molecule has 0 bridgehead atoms. The lowest BCUT2D eigenvalue weighted by Crippen LogP contribution is -2.31. The first-order valence-electron chi connectivity index (χ1n) is 6.44. The van der Waals surface area contributed by atoms with Crippen LogP contribution in [-0.2, 0) is 4.79 Å². The Morgan fingerprint density at radius 3 is 2.95 bits per heavy atom. The monoisotopic (exact) mass is 259 g/mol. The largest absolute Gasteiger partial charge is 0.368 e. The minimum absolute atomic E-state index is 0.150. The van der Waals surface area contributed by atoms with Crippen molar-refractivity contribution in [2.24, 2.45) is 10.8 Å². The van der Waals surface area contributed by atoms with Gasteiger partial charge in [-0.15, -0.1) is 0 Å². The second kappa shape index (κ2) is 8.08. The number of hydrogen-bond acceptors (Lipinski definition) is 3. The summed E-state index contributed by atoms with van der Waals surface area (Å²) in [6.07, 6.45) is 13.8. The highest BCUT2D eigenvalue weighted by Gasteiger charge is 2.09. The van der Waals surface area contributed by atoms with Crippen LogP contribution >= 0.6 is 0 Å². The van der Waals surface area contributed by atoms with Gasteiger partial charge in [-0.25, -0.2) is 0 Å². The van der Waals surface area contributed by atoms with Gasteiger partial charge in [0.15, 0.2) is 0 Å². The number of amides is 1. The molecule has 0 aromatic rings. The molecule has 0 radical (unpaired) electrons. The van der Waals surface area contributed by atoms with Gasteiger partial charge in [-0.2, -0.15) is 5.10 Å². The SMILES string of the molecule is C=C/C=C\C(=C/CCC)C1=CCN(CC(N)=O)N=C1. The van der Waals surface area contributed by atoms with E-state index >= 15 is 0 Å². The van der Waals surface area contributed by atoms with Gasteiger partial charge in [0.05, 0.1) is 12.8 Å². The Labute approximate surface area is 114 Å². The second-order valence-corrected chi connectivity index (χ2v) is 4.26. The van der Waals surface area contributed by atoms with Gasteiger partial charge in [0.2, 0.25) is 5.91 Å². The molecule has 0 aliphatic carbocycles. The van der Waals surface area contributed by atoms with Gasteiger partial charge in [0.25, 0.3) is 0 Å². The number of hydrogen-bond donors (Lipinski definition) is 1.